The third-order valence-electron chi connectivity index (χ3n) is 5.71. The topological polar surface area (TPSA) is 90.9 Å². The molecule has 3 aromatic carbocycles. The summed E-state index contributed by atoms with van der Waals surface area (Å²) in [4.78, 5) is 19.3. The van der Waals surface area contributed by atoms with Crippen LogP contribution in [0.15, 0.2) is 107 Å². The molecule has 1 atom stereocenters. The van der Waals surface area contributed by atoms with Gasteiger partial charge in [-0.2, -0.15) is 5.10 Å². The first-order valence-electron chi connectivity index (χ1n) is 11.5. The Balaban J connectivity index is 1.35. The number of hydrogen-bond donors (Lipinski definition) is 3. The summed E-state index contributed by atoms with van der Waals surface area (Å²) in [6.45, 7) is -0.182. The highest BCUT2D eigenvalue weighted by atomic mass is 32.2. The molecule has 2 aromatic heterocycles. The van der Waals surface area contributed by atoms with E-state index in [1.807, 2.05) is 97.1 Å². The minimum Gasteiger partial charge on any atom is -0.394 e. The molecule has 0 aliphatic carbocycles. The van der Waals surface area contributed by atoms with Gasteiger partial charge in [0.05, 0.1) is 35.1 Å². The number of hydrogen-bond acceptors (Lipinski definition) is 5. The SMILES string of the molecule is O=C(N[C@@H](CO)c1ccccc1)c1ccccc1Sc1ccc2c(/C=C/c3ccccn3)n[nH]c2c1. The highest BCUT2D eigenvalue weighted by Crippen LogP contribution is 2.33. The summed E-state index contributed by atoms with van der Waals surface area (Å²) in [5.74, 6) is -0.231. The molecule has 5 aromatic rings. The van der Waals surface area contributed by atoms with Crippen molar-refractivity contribution in [3.05, 3.63) is 120 Å². The first kappa shape index (κ1) is 23.5. The minimum absolute atomic E-state index is 0.182. The number of aliphatic hydroxyl groups excluding tert-OH is 1. The van der Waals surface area contributed by atoms with E-state index in [0.717, 1.165) is 37.6 Å². The largest absolute Gasteiger partial charge is 0.394 e. The molecule has 0 unspecified atom stereocenters. The lowest BCUT2D eigenvalue weighted by Crippen LogP contribution is -2.31. The quantitative estimate of drug-likeness (QED) is 0.257. The number of nitrogens with one attached hydrogen (secondary N) is 2. The Bertz CT molecular complexity index is 1500. The molecule has 0 bridgehead atoms. The summed E-state index contributed by atoms with van der Waals surface area (Å²) < 4.78 is 0. The number of carbonyl (C=O) groups is 1. The molecule has 0 aliphatic heterocycles. The number of carbonyl (C=O) groups excluding carboxylic acids is 1. The van der Waals surface area contributed by atoms with Crippen LogP contribution in [-0.2, 0) is 0 Å². The number of pyridine rings is 1. The lowest BCUT2D eigenvalue weighted by atomic mass is 10.1. The Hall–Kier alpha value is -4.20. The van der Waals surface area contributed by atoms with Crippen molar-refractivity contribution in [1.29, 1.82) is 0 Å². The summed E-state index contributed by atoms with van der Waals surface area (Å²) in [5, 5.41) is 21.3. The molecule has 0 saturated carbocycles. The van der Waals surface area contributed by atoms with Crippen molar-refractivity contribution >= 4 is 40.7 Å². The van der Waals surface area contributed by atoms with Gasteiger partial charge in [0.2, 0.25) is 0 Å². The van der Waals surface area contributed by atoms with Gasteiger partial charge in [0.1, 0.15) is 0 Å². The van der Waals surface area contributed by atoms with Crippen LogP contribution in [0.5, 0.6) is 0 Å². The zero-order chi connectivity index (χ0) is 24.7. The van der Waals surface area contributed by atoms with Gasteiger partial charge < -0.3 is 10.4 Å². The molecule has 7 heteroatoms. The van der Waals surface area contributed by atoms with E-state index < -0.39 is 6.04 Å². The van der Waals surface area contributed by atoms with E-state index in [0.29, 0.717) is 5.56 Å². The van der Waals surface area contributed by atoms with Gasteiger partial charge in [0.25, 0.3) is 5.91 Å². The fourth-order valence-corrected chi connectivity index (χ4v) is 4.86. The van der Waals surface area contributed by atoms with Gasteiger partial charge in [-0.05, 0) is 60.2 Å². The van der Waals surface area contributed by atoms with E-state index in [9.17, 15) is 9.90 Å². The van der Waals surface area contributed by atoms with Crippen LogP contribution < -0.4 is 5.32 Å². The third-order valence-corrected chi connectivity index (χ3v) is 6.78. The predicted octanol–water partition coefficient (Wildman–Crippen LogP) is 5.74. The first-order valence-corrected chi connectivity index (χ1v) is 12.3. The molecule has 1 amide bonds. The molecule has 2 heterocycles. The standard InChI is InChI=1S/C29H24N4O2S/c34-19-27(20-8-2-1-3-9-20)31-29(35)24-11-4-5-12-28(24)36-22-14-15-23-25(32-33-26(23)18-22)16-13-21-10-6-7-17-30-21/h1-18,27,34H,19H2,(H,31,35)(H,32,33)/b16-13+/t27-/m0/s1. The second-order valence-corrected chi connectivity index (χ2v) is 9.24. The van der Waals surface area contributed by atoms with Gasteiger partial charge >= 0.3 is 0 Å². The van der Waals surface area contributed by atoms with Crippen molar-refractivity contribution in [3.8, 4) is 0 Å². The van der Waals surface area contributed by atoms with Crippen molar-refractivity contribution in [2.24, 2.45) is 0 Å². The number of aromatic amines is 1. The zero-order valence-corrected chi connectivity index (χ0v) is 20.2. The smallest absolute Gasteiger partial charge is 0.252 e. The summed E-state index contributed by atoms with van der Waals surface area (Å²) in [6.07, 6.45) is 5.63. The van der Waals surface area contributed by atoms with Crippen molar-refractivity contribution in [3.63, 3.8) is 0 Å². The Morgan fingerprint density at radius 3 is 2.58 bits per heavy atom. The van der Waals surface area contributed by atoms with Gasteiger partial charge in [-0.25, -0.2) is 0 Å². The van der Waals surface area contributed by atoms with Crippen molar-refractivity contribution < 1.29 is 9.90 Å². The second-order valence-electron chi connectivity index (χ2n) is 8.12. The number of aromatic nitrogens is 3. The number of amides is 1. The van der Waals surface area contributed by atoms with Gasteiger partial charge in [-0.1, -0.05) is 60.3 Å². The van der Waals surface area contributed by atoms with Crippen molar-refractivity contribution in [1.82, 2.24) is 20.5 Å². The van der Waals surface area contributed by atoms with E-state index in [1.54, 1.807) is 12.3 Å². The van der Waals surface area contributed by atoms with Crippen LogP contribution in [-0.4, -0.2) is 32.8 Å². The number of aliphatic hydroxyl groups is 1. The minimum atomic E-state index is -0.476. The van der Waals surface area contributed by atoms with Crippen LogP contribution in [0.3, 0.4) is 0 Å². The van der Waals surface area contributed by atoms with Gasteiger partial charge in [0.15, 0.2) is 0 Å². The monoisotopic (exact) mass is 492 g/mol. The highest BCUT2D eigenvalue weighted by Gasteiger charge is 2.18. The van der Waals surface area contributed by atoms with E-state index in [1.165, 1.54) is 11.8 Å². The Morgan fingerprint density at radius 1 is 0.972 bits per heavy atom. The maximum atomic E-state index is 13.1. The zero-order valence-electron chi connectivity index (χ0n) is 19.3. The maximum absolute atomic E-state index is 13.1. The van der Waals surface area contributed by atoms with E-state index >= 15 is 0 Å². The predicted molar refractivity (Wildman–Crippen MR) is 144 cm³/mol. The molecule has 0 spiro atoms. The fraction of sp³-hybridized carbons (Fsp3) is 0.0690. The molecule has 0 saturated heterocycles. The molecular formula is C29H24N4O2S. The lowest BCUT2D eigenvalue weighted by Gasteiger charge is -2.18. The molecule has 178 valence electrons. The molecular weight excluding hydrogens is 468 g/mol. The van der Waals surface area contributed by atoms with E-state index in [4.69, 9.17) is 0 Å². The molecule has 36 heavy (non-hydrogen) atoms. The second kappa shape index (κ2) is 11.0. The highest BCUT2D eigenvalue weighted by molar-refractivity contribution is 7.99. The lowest BCUT2D eigenvalue weighted by molar-refractivity contribution is 0.0913. The molecule has 0 aliphatic rings. The summed E-state index contributed by atoms with van der Waals surface area (Å²) in [5.41, 5.74) is 4.03. The average molecular weight is 493 g/mol. The van der Waals surface area contributed by atoms with Crippen LogP contribution in [0.2, 0.25) is 0 Å². The third kappa shape index (κ3) is 5.38. The number of fused-ring (bicyclic) bond motifs is 1. The Kier molecular flexibility index (Phi) is 7.21. The van der Waals surface area contributed by atoms with Crippen LogP contribution in [0.4, 0.5) is 0 Å². The normalized spacial score (nSPS) is 12.1. The Labute approximate surface area is 213 Å². The molecule has 3 N–H and O–H groups in total. The Morgan fingerprint density at radius 2 is 1.78 bits per heavy atom. The van der Waals surface area contributed by atoms with Gasteiger partial charge in [-0.3, -0.25) is 14.9 Å². The van der Waals surface area contributed by atoms with Crippen LogP contribution in [0, 0.1) is 0 Å². The fourth-order valence-electron chi connectivity index (χ4n) is 3.88. The van der Waals surface area contributed by atoms with E-state index in [-0.39, 0.29) is 12.5 Å². The maximum Gasteiger partial charge on any atom is 0.252 e. The van der Waals surface area contributed by atoms with Gasteiger partial charge in [-0.15, -0.1) is 0 Å². The molecule has 0 radical (unpaired) electrons. The molecule has 6 nitrogen and oxygen atoms in total. The summed E-state index contributed by atoms with van der Waals surface area (Å²) in [6, 6.07) is 28.3. The average Bonchev–Trinajstić information content (AvgIpc) is 3.34. The molecule has 0 fully saturated rings. The van der Waals surface area contributed by atoms with Crippen molar-refractivity contribution in [2.45, 2.75) is 15.8 Å². The van der Waals surface area contributed by atoms with Crippen LogP contribution in [0.1, 0.15) is 33.4 Å². The summed E-state index contributed by atoms with van der Waals surface area (Å²) >= 11 is 1.51. The number of rotatable bonds is 8. The number of benzene rings is 3. The van der Waals surface area contributed by atoms with Crippen LogP contribution in [0.25, 0.3) is 23.1 Å². The molecule has 5 rings (SSSR count). The van der Waals surface area contributed by atoms with E-state index in [2.05, 4.69) is 20.5 Å². The first-order chi connectivity index (χ1) is 17.7. The van der Waals surface area contributed by atoms with Crippen LogP contribution >= 0.6 is 11.8 Å². The number of H-pyrrole nitrogens is 1. The number of nitrogens with zero attached hydrogens (tertiary/aromatic N) is 2. The summed E-state index contributed by atoms with van der Waals surface area (Å²) in [7, 11) is 0. The van der Waals surface area contributed by atoms with Crippen molar-refractivity contribution in [2.75, 3.05) is 6.61 Å². The van der Waals surface area contributed by atoms with Gasteiger partial charge in [0, 0.05) is 21.4 Å².